The van der Waals surface area contributed by atoms with Gasteiger partial charge in [0.05, 0.1) is 11.4 Å². The Kier molecular flexibility index (Phi) is 4.74. The molecule has 3 aromatic rings. The zero-order valence-corrected chi connectivity index (χ0v) is 15.9. The van der Waals surface area contributed by atoms with Crippen LogP contribution in [0.25, 0.3) is 0 Å². The summed E-state index contributed by atoms with van der Waals surface area (Å²) in [5.41, 5.74) is 4.22. The molecule has 1 aromatic heterocycles. The average Bonchev–Trinajstić information content (AvgIpc) is 2.95. The van der Waals surface area contributed by atoms with Crippen molar-refractivity contribution in [2.75, 3.05) is 11.5 Å². The number of para-hydroxylation sites is 2. The lowest BCUT2D eigenvalue weighted by atomic mass is 10.0. The molecule has 0 fully saturated rings. The van der Waals surface area contributed by atoms with Crippen LogP contribution in [0, 0.1) is 13.8 Å². The fourth-order valence-corrected chi connectivity index (χ4v) is 3.65. The summed E-state index contributed by atoms with van der Waals surface area (Å²) < 4.78 is 10.7. The average molecular weight is 375 g/mol. The fourth-order valence-electron chi connectivity index (χ4n) is 3.65. The van der Waals surface area contributed by atoms with E-state index in [1.807, 2.05) is 48.5 Å². The van der Waals surface area contributed by atoms with Gasteiger partial charge in [0, 0.05) is 0 Å². The lowest BCUT2D eigenvalue weighted by Gasteiger charge is -2.24. The number of nitrogens with zero attached hydrogens (tertiary/aromatic N) is 1. The van der Waals surface area contributed by atoms with Crippen LogP contribution >= 0.6 is 0 Å². The van der Waals surface area contributed by atoms with Crippen molar-refractivity contribution in [2.24, 2.45) is 0 Å². The molecule has 2 aromatic carbocycles. The fraction of sp³-hybridized carbons (Fsp3) is 0.217. The number of rotatable bonds is 3. The summed E-state index contributed by atoms with van der Waals surface area (Å²) in [6.07, 6.45) is 1.70. The Morgan fingerprint density at radius 3 is 2.07 bits per heavy atom. The molecule has 1 amide bonds. The number of anilines is 2. The Balaban J connectivity index is 1.62. The molecule has 4 rings (SSSR count). The third-order valence-electron chi connectivity index (χ3n) is 4.97. The van der Waals surface area contributed by atoms with Gasteiger partial charge in [-0.05, 0) is 56.0 Å². The maximum Gasteiger partial charge on any atom is 0.342 e. The number of ether oxygens (including phenoxy) is 1. The molecule has 142 valence electrons. The van der Waals surface area contributed by atoms with E-state index in [4.69, 9.17) is 9.15 Å². The van der Waals surface area contributed by atoms with Crippen LogP contribution in [0.1, 0.15) is 33.0 Å². The van der Waals surface area contributed by atoms with Gasteiger partial charge in [-0.2, -0.15) is 0 Å². The summed E-state index contributed by atoms with van der Waals surface area (Å²) in [5, 5.41) is 0. The number of carbonyl (C=O) groups excluding carboxylic acids is 2. The van der Waals surface area contributed by atoms with E-state index >= 15 is 0 Å². The molecule has 5 nitrogen and oxygen atoms in total. The third kappa shape index (κ3) is 3.31. The molecule has 0 unspecified atom stereocenters. The molecule has 0 saturated carbocycles. The van der Waals surface area contributed by atoms with Gasteiger partial charge in [-0.1, -0.05) is 36.4 Å². The predicted molar refractivity (Wildman–Crippen MR) is 106 cm³/mol. The van der Waals surface area contributed by atoms with E-state index in [1.165, 1.54) is 0 Å². The van der Waals surface area contributed by atoms with Crippen LogP contribution in [-0.4, -0.2) is 18.5 Å². The van der Waals surface area contributed by atoms with Crippen LogP contribution < -0.4 is 4.90 Å². The van der Waals surface area contributed by atoms with Crippen LogP contribution in [0.15, 0.2) is 59.0 Å². The summed E-state index contributed by atoms with van der Waals surface area (Å²) in [4.78, 5) is 27.2. The summed E-state index contributed by atoms with van der Waals surface area (Å²) in [6, 6.07) is 17.3. The van der Waals surface area contributed by atoms with E-state index in [2.05, 4.69) is 0 Å². The highest BCUT2D eigenvalue weighted by Gasteiger charge is 2.26. The van der Waals surface area contributed by atoms with Gasteiger partial charge in [0.15, 0.2) is 6.61 Å². The van der Waals surface area contributed by atoms with E-state index in [9.17, 15) is 9.59 Å². The first-order chi connectivity index (χ1) is 13.5. The molecule has 1 aliphatic heterocycles. The number of fused-ring (bicyclic) bond motifs is 2. The predicted octanol–water partition coefficient (Wildman–Crippen LogP) is 4.52. The third-order valence-corrected chi connectivity index (χ3v) is 4.97. The highest BCUT2D eigenvalue weighted by atomic mass is 16.5. The number of aryl methyl sites for hydroxylation is 4. The molecule has 0 atom stereocenters. The summed E-state index contributed by atoms with van der Waals surface area (Å²) in [7, 11) is 0. The first kappa shape index (κ1) is 18.0. The van der Waals surface area contributed by atoms with Crippen molar-refractivity contribution in [3.05, 3.63) is 82.8 Å². The Morgan fingerprint density at radius 1 is 0.964 bits per heavy atom. The van der Waals surface area contributed by atoms with Gasteiger partial charge in [0.25, 0.3) is 5.91 Å². The molecule has 0 spiro atoms. The number of benzene rings is 2. The van der Waals surface area contributed by atoms with Crippen molar-refractivity contribution >= 4 is 23.3 Å². The van der Waals surface area contributed by atoms with E-state index in [1.54, 1.807) is 24.8 Å². The lowest BCUT2D eigenvalue weighted by Crippen LogP contribution is -2.31. The van der Waals surface area contributed by atoms with Crippen molar-refractivity contribution in [1.82, 2.24) is 0 Å². The second-order valence-electron chi connectivity index (χ2n) is 6.89. The Morgan fingerprint density at radius 2 is 1.54 bits per heavy atom. The van der Waals surface area contributed by atoms with E-state index < -0.39 is 5.97 Å². The van der Waals surface area contributed by atoms with Crippen molar-refractivity contribution in [1.29, 1.82) is 0 Å². The van der Waals surface area contributed by atoms with Crippen LogP contribution in [0.4, 0.5) is 11.4 Å². The highest BCUT2D eigenvalue weighted by molar-refractivity contribution is 6.04. The largest absolute Gasteiger partial charge is 0.466 e. The zero-order chi connectivity index (χ0) is 19.7. The summed E-state index contributed by atoms with van der Waals surface area (Å²) in [5.74, 6) is 0.277. The van der Waals surface area contributed by atoms with E-state index in [0.29, 0.717) is 17.1 Å². The molecule has 0 saturated heterocycles. The van der Waals surface area contributed by atoms with Crippen molar-refractivity contribution in [3.63, 3.8) is 0 Å². The number of esters is 1. The van der Waals surface area contributed by atoms with Gasteiger partial charge < -0.3 is 9.15 Å². The SMILES string of the molecule is Cc1cc(C(=O)OCC(=O)N2c3ccccc3CCc3ccccc32)c(C)o1. The first-order valence-electron chi connectivity index (χ1n) is 9.27. The number of hydrogen-bond donors (Lipinski definition) is 0. The van der Waals surface area contributed by atoms with E-state index in [-0.39, 0.29) is 12.5 Å². The van der Waals surface area contributed by atoms with E-state index in [0.717, 1.165) is 35.3 Å². The van der Waals surface area contributed by atoms with Crippen molar-refractivity contribution in [2.45, 2.75) is 26.7 Å². The molecule has 1 aliphatic rings. The number of amides is 1. The molecule has 28 heavy (non-hydrogen) atoms. The molecular formula is C23H21NO4. The standard InChI is InChI=1S/C23H21NO4/c1-15-13-19(16(2)28-15)23(26)27-14-22(25)24-20-9-5-3-7-17(20)11-12-18-8-4-6-10-21(18)24/h3-10,13H,11-12,14H2,1-2H3. The Labute approximate surface area is 163 Å². The molecule has 2 heterocycles. The van der Waals surface area contributed by atoms with Crippen molar-refractivity contribution < 1.29 is 18.7 Å². The van der Waals surface area contributed by atoms with Gasteiger partial charge >= 0.3 is 5.97 Å². The maximum atomic E-state index is 13.1. The minimum absolute atomic E-state index is 0.284. The number of hydrogen-bond acceptors (Lipinski definition) is 4. The molecule has 0 bridgehead atoms. The highest BCUT2D eigenvalue weighted by Crippen LogP contribution is 2.36. The van der Waals surface area contributed by atoms with Crippen molar-refractivity contribution in [3.8, 4) is 0 Å². The second kappa shape index (κ2) is 7.35. The maximum absolute atomic E-state index is 13.1. The molecule has 0 N–H and O–H groups in total. The Hall–Kier alpha value is -3.34. The quantitative estimate of drug-likeness (QED) is 0.632. The topological polar surface area (TPSA) is 59.8 Å². The lowest BCUT2D eigenvalue weighted by molar-refractivity contribution is -0.120. The smallest absolute Gasteiger partial charge is 0.342 e. The molecular weight excluding hydrogens is 354 g/mol. The van der Waals surface area contributed by atoms with Gasteiger partial charge in [0.2, 0.25) is 0 Å². The molecule has 0 aliphatic carbocycles. The van der Waals surface area contributed by atoms with Gasteiger partial charge in [-0.25, -0.2) is 4.79 Å². The molecule has 0 radical (unpaired) electrons. The van der Waals surface area contributed by atoms with Crippen LogP contribution in [0.3, 0.4) is 0 Å². The summed E-state index contributed by atoms with van der Waals surface area (Å²) >= 11 is 0. The van der Waals surface area contributed by atoms with Crippen LogP contribution in [0.2, 0.25) is 0 Å². The normalized spacial score (nSPS) is 12.7. The van der Waals surface area contributed by atoms with Gasteiger partial charge in [-0.15, -0.1) is 0 Å². The number of carbonyl (C=O) groups is 2. The summed E-state index contributed by atoms with van der Waals surface area (Å²) in [6.45, 7) is 3.12. The Bertz CT molecular complexity index is 1000. The second-order valence-corrected chi connectivity index (χ2v) is 6.89. The van der Waals surface area contributed by atoms with Gasteiger partial charge in [-0.3, -0.25) is 9.69 Å². The van der Waals surface area contributed by atoms with Gasteiger partial charge in [0.1, 0.15) is 17.1 Å². The minimum Gasteiger partial charge on any atom is -0.466 e. The minimum atomic E-state index is -0.556. The molecule has 5 heteroatoms. The van der Waals surface area contributed by atoms with Crippen LogP contribution in [0.5, 0.6) is 0 Å². The van der Waals surface area contributed by atoms with Crippen LogP contribution in [-0.2, 0) is 22.4 Å². The first-order valence-corrected chi connectivity index (χ1v) is 9.27. The monoisotopic (exact) mass is 375 g/mol. The zero-order valence-electron chi connectivity index (χ0n) is 15.9. The number of furan rings is 1.